The summed E-state index contributed by atoms with van der Waals surface area (Å²) in [5.74, 6) is 0. The van der Waals surface area contributed by atoms with Crippen LogP contribution < -0.4 is 5.32 Å². The van der Waals surface area contributed by atoms with E-state index in [1.54, 1.807) is 19.2 Å². The van der Waals surface area contributed by atoms with E-state index in [2.05, 4.69) is 5.32 Å². The van der Waals surface area contributed by atoms with Crippen molar-refractivity contribution >= 4 is 11.4 Å². The van der Waals surface area contributed by atoms with Crippen LogP contribution in [-0.4, -0.2) is 24.7 Å². The quantitative estimate of drug-likeness (QED) is 0.595. The van der Waals surface area contributed by atoms with E-state index < -0.39 is 4.92 Å². The number of non-ortho nitro benzene ring substituents is 1. The van der Waals surface area contributed by atoms with Crippen molar-refractivity contribution in [3.05, 3.63) is 34.4 Å². The standard InChI is InChI=1S/C11H16N2O3/c1-9(7-8-16-2)12-10-3-5-11(6-4-10)13(14)15/h3-6,9,12H,7-8H2,1-2H3. The van der Waals surface area contributed by atoms with Crippen LogP contribution in [0, 0.1) is 10.1 Å². The van der Waals surface area contributed by atoms with Crippen molar-refractivity contribution in [2.45, 2.75) is 19.4 Å². The maximum absolute atomic E-state index is 10.4. The van der Waals surface area contributed by atoms with Gasteiger partial charge >= 0.3 is 0 Å². The monoisotopic (exact) mass is 224 g/mol. The average molecular weight is 224 g/mol. The normalized spacial score (nSPS) is 12.1. The summed E-state index contributed by atoms with van der Waals surface area (Å²) in [6.07, 6.45) is 0.896. The lowest BCUT2D eigenvalue weighted by Gasteiger charge is -2.14. The molecule has 0 spiro atoms. The Morgan fingerprint density at radius 2 is 2.06 bits per heavy atom. The summed E-state index contributed by atoms with van der Waals surface area (Å²) >= 11 is 0. The van der Waals surface area contributed by atoms with Crippen molar-refractivity contribution in [2.75, 3.05) is 19.0 Å². The van der Waals surface area contributed by atoms with Crippen LogP contribution in [0.3, 0.4) is 0 Å². The van der Waals surface area contributed by atoms with Crippen molar-refractivity contribution in [2.24, 2.45) is 0 Å². The molecule has 1 N–H and O–H groups in total. The topological polar surface area (TPSA) is 64.4 Å². The number of hydrogen-bond donors (Lipinski definition) is 1. The third-order valence-electron chi connectivity index (χ3n) is 2.25. The summed E-state index contributed by atoms with van der Waals surface area (Å²) in [6, 6.07) is 6.68. The largest absolute Gasteiger partial charge is 0.385 e. The second-order valence-electron chi connectivity index (χ2n) is 3.63. The fourth-order valence-corrected chi connectivity index (χ4v) is 1.33. The number of ether oxygens (including phenoxy) is 1. The predicted molar refractivity (Wildman–Crippen MR) is 62.7 cm³/mol. The number of benzene rings is 1. The number of rotatable bonds is 6. The average Bonchev–Trinajstić information content (AvgIpc) is 2.27. The van der Waals surface area contributed by atoms with Crippen LogP contribution in [0.25, 0.3) is 0 Å². The van der Waals surface area contributed by atoms with Crippen molar-refractivity contribution in [1.82, 2.24) is 0 Å². The number of nitrogens with zero attached hydrogens (tertiary/aromatic N) is 1. The van der Waals surface area contributed by atoms with E-state index in [9.17, 15) is 10.1 Å². The van der Waals surface area contributed by atoms with E-state index in [4.69, 9.17) is 4.74 Å². The second-order valence-corrected chi connectivity index (χ2v) is 3.63. The van der Waals surface area contributed by atoms with Gasteiger partial charge in [-0.2, -0.15) is 0 Å². The molecule has 0 saturated carbocycles. The van der Waals surface area contributed by atoms with E-state index in [1.807, 2.05) is 6.92 Å². The van der Waals surface area contributed by atoms with Crippen molar-refractivity contribution in [3.8, 4) is 0 Å². The number of hydrogen-bond acceptors (Lipinski definition) is 4. The van der Waals surface area contributed by atoms with E-state index in [0.29, 0.717) is 6.61 Å². The molecule has 1 atom stereocenters. The minimum absolute atomic E-state index is 0.107. The van der Waals surface area contributed by atoms with Gasteiger partial charge in [-0.3, -0.25) is 10.1 Å². The van der Waals surface area contributed by atoms with Gasteiger partial charge in [0, 0.05) is 37.6 Å². The van der Waals surface area contributed by atoms with Gasteiger partial charge in [0.25, 0.3) is 5.69 Å². The zero-order valence-corrected chi connectivity index (χ0v) is 9.47. The smallest absolute Gasteiger partial charge is 0.269 e. The van der Waals surface area contributed by atoms with Gasteiger partial charge in [0.2, 0.25) is 0 Å². The first-order valence-corrected chi connectivity index (χ1v) is 5.13. The van der Waals surface area contributed by atoms with Gasteiger partial charge < -0.3 is 10.1 Å². The molecule has 88 valence electrons. The Hall–Kier alpha value is -1.62. The van der Waals surface area contributed by atoms with Gasteiger partial charge in [0.1, 0.15) is 0 Å². The van der Waals surface area contributed by atoms with Crippen LogP contribution >= 0.6 is 0 Å². The highest BCUT2D eigenvalue weighted by Crippen LogP contribution is 2.16. The zero-order chi connectivity index (χ0) is 12.0. The second kappa shape index (κ2) is 6.07. The first kappa shape index (κ1) is 12.4. The van der Waals surface area contributed by atoms with Crippen LogP contribution in [0.15, 0.2) is 24.3 Å². The minimum Gasteiger partial charge on any atom is -0.385 e. The summed E-state index contributed by atoms with van der Waals surface area (Å²) in [5.41, 5.74) is 0.990. The number of nitrogens with one attached hydrogen (secondary N) is 1. The highest BCUT2D eigenvalue weighted by Gasteiger charge is 2.05. The van der Waals surface area contributed by atoms with E-state index in [1.165, 1.54) is 12.1 Å². The molecule has 0 radical (unpaired) electrons. The third-order valence-corrected chi connectivity index (χ3v) is 2.25. The fourth-order valence-electron chi connectivity index (χ4n) is 1.33. The number of anilines is 1. The number of methoxy groups -OCH3 is 1. The molecular weight excluding hydrogens is 208 g/mol. The van der Waals surface area contributed by atoms with Gasteiger partial charge in [-0.1, -0.05) is 0 Å². The molecule has 0 bridgehead atoms. The Morgan fingerprint density at radius 1 is 1.44 bits per heavy atom. The minimum atomic E-state index is -0.405. The summed E-state index contributed by atoms with van der Waals surface area (Å²) in [6.45, 7) is 2.74. The Bertz CT molecular complexity index is 338. The first-order chi connectivity index (χ1) is 7.63. The van der Waals surface area contributed by atoms with E-state index >= 15 is 0 Å². The maximum atomic E-state index is 10.4. The highest BCUT2D eigenvalue weighted by atomic mass is 16.6. The highest BCUT2D eigenvalue weighted by molar-refractivity contribution is 5.48. The molecule has 1 unspecified atom stereocenters. The van der Waals surface area contributed by atoms with Gasteiger partial charge in [0.05, 0.1) is 4.92 Å². The van der Waals surface area contributed by atoms with Crippen molar-refractivity contribution in [3.63, 3.8) is 0 Å². The molecule has 0 aliphatic heterocycles. The van der Waals surface area contributed by atoms with Crippen LogP contribution in [0.4, 0.5) is 11.4 Å². The van der Waals surface area contributed by atoms with Crippen LogP contribution in [-0.2, 0) is 4.74 Å². The van der Waals surface area contributed by atoms with Crippen LogP contribution in [0.1, 0.15) is 13.3 Å². The Balaban J connectivity index is 2.51. The maximum Gasteiger partial charge on any atom is 0.269 e. The summed E-state index contributed by atoms with van der Waals surface area (Å²) < 4.78 is 4.97. The SMILES string of the molecule is COCCC(C)Nc1ccc([N+](=O)[O-])cc1. The molecular formula is C11H16N2O3. The molecule has 0 aliphatic rings. The fraction of sp³-hybridized carbons (Fsp3) is 0.455. The molecule has 0 amide bonds. The van der Waals surface area contributed by atoms with E-state index in [-0.39, 0.29) is 11.7 Å². The molecule has 0 aromatic heterocycles. The summed E-state index contributed by atoms with van der Waals surface area (Å²) in [5, 5.41) is 13.7. The number of nitro benzene ring substituents is 1. The third kappa shape index (κ3) is 3.86. The molecule has 0 fully saturated rings. The molecule has 16 heavy (non-hydrogen) atoms. The van der Waals surface area contributed by atoms with Gasteiger partial charge in [-0.15, -0.1) is 0 Å². The van der Waals surface area contributed by atoms with Crippen LogP contribution in [0.5, 0.6) is 0 Å². The number of nitro groups is 1. The van der Waals surface area contributed by atoms with Gasteiger partial charge in [0.15, 0.2) is 0 Å². The van der Waals surface area contributed by atoms with Crippen molar-refractivity contribution in [1.29, 1.82) is 0 Å². The lowest BCUT2D eigenvalue weighted by molar-refractivity contribution is -0.384. The summed E-state index contributed by atoms with van der Waals surface area (Å²) in [7, 11) is 1.67. The van der Waals surface area contributed by atoms with E-state index in [0.717, 1.165) is 12.1 Å². The van der Waals surface area contributed by atoms with Gasteiger partial charge in [-0.25, -0.2) is 0 Å². The predicted octanol–water partition coefficient (Wildman–Crippen LogP) is 2.43. The Morgan fingerprint density at radius 3 is 2.56 bits per heavy atom. The molecule has 5 nitrogen and oxygen atoms in total. The molecule has 1 aromatic rings. The molecule has 0 aliphatic carbocycles. The molecule has 5 heteroatoms. The first-order valence-electron chi connectivity index (χ1n) is 5.13. The molecule has 0 saturated heterocycles. The van der Waals surface area contributed by atoms with Gasteiger partial charge in [-0.05, 0) is 25.5 Å². The Kier molecular flexibility index (Phi) is 4.72. The zero-order valence-electron chi connectivity index (χ0n) is 9.47. The Labute approximate surface area is 94.6 Å². The van der Waals surface area contributed by atoms with Crippen LogP contribution in [0.2, 0.25) is 0 Å². The summed E-state index contributed by atoms with van der Waals surface area (Å²) in [4.78, 5) is 10.0. The molecule has 0 heterocycles. The molecule has 1 aromatic carbocycles. The molecule has 1 rings (SSSR count). The van der Waals surface area contributed by atoms with Crippen molar-refractivity contribution < 1.29 is 9.66 Å². The lowest BCUT2D eigenvalue weighted by atomic mass is 10.2. The lowest BCUT2D eigenvalue weighted by Crippen LogP contribution is -2.16.